The van der Waals surface area contributed by atoms with Crippen LogP contribution in [-0.4, -0.2) is 36.5 Å². The van der Waals surface area contributed by atoms with Gasteiger partial charge in [0.1, 0.15) is 18.0 Å². The van der Waals surface area contributed by atoms with E-state index < -0.39 is 78.0 Å². The first-order valence-electron chi connectivity index (χ1n) is 29.1. The summed E-state index contributed by atoms with van der Waals surface area (Å²) < 4.78 is 152. The number of hydrogen-bond donors (Lipinski definition) is 0. The molecule has 7 aliphatic carbocycles. The van der Waals surface area contributed by atoms with Crippen molar-refractivity contribution in [2.45, 2.75) is 253 Å². The number of rotatable bonds is 0. The summed E-state index contributed by atoms with van der Waals surface area (Å²) in [7, 11) is 0. The van der Waals surface area contributed by atoms with Crippen molar-refractivity contribution < 1.29 is 52.7 Å². The average Bonchev–Trinajstić information content (AvgIpc) is 3.92. The first-order chi connectivity index (χ1) is 33.0. The van der Waals surface area contributed by atoms with Crippen LogP contribution in [0.3, 0.4) is 0 Å². The van der Waals surface area contributed by atoms with Crippen molar-refractivity contribution in [2.75, 3.05) is 0 Å². The fraction of sp³-hybridized carbons (Fsp3) is 1.00. The summed E-state index contributed by atoms with van der Waals surface area (Å²) in [5, 5.41) is 0. The zero-order valence-corrected chi connectivity index (χ0v) is 49.7. The van der Waals surface area contributed by atoms with E-state index in [2.05, 4.69) is 76.2 Å². The Kier molecular flexibility index (Phi) is 28.3. The second-order valence-electron chi connectivity index (χ2n) is 27.4. The van der Waals surface area contributed by atoms with Crippen molar-refractivity contribution >= 4 is 0 Å². The van der Waals surface area contributed by atoms with Gasteiger partial charge in [0.05, 0.1) is 17.8 Å². The molecule has 0 aliphatic heterocycles. The van der Waals surface area contributed by atoms with Gasteiger partial charge in [-0.25, -0.2) is 13.2 Å². The van der Waals surface area contributed by atoms with Gasteiger partial charge in [0.2, 0.25) is 0 Å². The predicted octanol–water partition coefficient (Wildman–Crippen LogP) is 22.0. The van der Waals surface area contributed by atoms with Crippen molar-refractivity contribution in [3.05, 3.63) is 0 Å². The normalized spacial score (nSPS) is 46.6. The molecule has 7 fully saturated rings. The monoisotopic (exact) mass is 1070 g/mol. The molecule has 0 bridgehead atoms. The van der Waals surface area contributed by atoms with Crippen LogP contribution in [0, 0.1) is 136 Å². The lowest BCUT2D eigenvalue weighted by Gasteiger charge is -2.38. The molecule has 0 spiro atoms. The Hall–Kier alpha value is -0.840. The first-order valence-corrected chi connectivity index (χ1v) is 29.1. The van der Waals surface area contributed by atoms with Crippen LogP contribution in [0.15, 0.2) is 0 Å². The van der Waals surface area contributed by atoms with Crippen LogP contribution in [0.4, 0.5) is 52.7 Å². The predicted molar refractivity (Wildman–Crippen MR) is 282 cm³/mol. The second kappa shape index (κ2) is 29.4. The third kappa shape index (κ3) is 22.1. The summed E-state index contributed by atoms with van der Waals surface area (Å²) in [6.07, 6.45) is -2.21. The van der Waals surface area contributed by atoms with Gasteiger partial charge in [0, 0.05) is 5.92 Å². The number of alkyl halides is 12. The topological polar surface area (TPSA) is 0 Å². The molecule has 0 nitrogen and oxygen atoms in total. The third-order valence-corrected chi connectivity index (χ3v) is 20.5. The first kappa shape index (κ1) is 70.2. The van der Waals surface area contributed by atoms with Crippen molar-refractivity contribution in [3.8, 4) is 0 Å². The quantitative estimate of drug-likeness (QED) is 0.212. The SMILES string of the molecule is CC1C(C(F)(F)F)[C@@H](C)[C@@H](C)C1C(F)(F)F.CC1C(F)[C@@H](C)[C@@H](C)C1F.CC1CC[C@@H](C)[C@@H](C)C1.CC1C[C@@H](C)[C@@H](C)C1.CC1C[C@@H](C)[C@@H](C)C1.CC1C[C@H](C)[C@H](C)CC1C(F)(F)F.C[C@@H]1CC(C)(F)C[C@@H]1C. The molecule has 0 saturated heterocycles. The molecule has 0 aromatic heterocycles. The minimum atomic E-state index is -4.55. The van der Waals surface area contributed by atoms with Crippen LogP contribution < -0.4 is 0 Å². The average molecular weight is 1070 g/mol. The molecular weight excluding hydrogens is 961 g/mol. The summed E-state index contributed by atoms with van der Waals surface area (Å²) in [6.45, 7) is 41.8. The van der Waals surface area contributed by atoms with Crippen molar-refractivity contribution in [3.63, 3.8) is 0 Å². The van der Waals surface area contributed by atoms with Crippen LogP contribution in [0.25, 0.3) is 0 Å². The van der Waals surface area contributed by atoms with Crippen LogP contribution in [0.2, 0.25) is 0 Å². The van der Waals surface area contributed by atoms with Crippen LogP contribution >= 0.6 is 0 Å². The molecule has 7 rings (SSSR count). The van der Waals surface area contributed by atoms with E-state index in [4.69, 9.17) is 0 Å². The fourth-order valence-corrected chi connectivity index (χ4v) is 14.4. The molecular formula is C61H110F12. The molecule has 12 heteroatoms. The van der Waals surface area contributed by atoms with E-state index in [0.29, 0.717) is 30.6 Å². The standard InChI is InChI=1S/C10H14F6.C10H17F3.C9H18.C8H14F2.C8H15F.2C8H16/c1-4-5(2)8(10(14,15)16)6(3)7(4)9(11,12)13;1-6-4-8(3)9(5-7(6)2)10(11,12)13;1-7-4-5-8(2)9(3)6-7;1-4-5(2)8(10)6(3)7(4)9;1-6-4-8(3,9)5-7(6)2;2*1-6-4-7(2)8(3)5-6/h4-8H,1-3H3;6-9H,4-5H2,1-3H3;7-9H,4-6H2,1-3H3;4-8H,1-3H3;6-7H,4-5H2,1-3H3;2*6-8H,4-5H2,1-3H3/t4-,5+,6?,7?,8?;6-,7+,8?,9?;7?,8-,9+;4-,5+,6?,7?,8?;6-,7+,8?;2*6?,7-,8+/m.01..../s1. The van der Waals surface area contributed by atoms with Gasteiger partial charge in [-0.05, 0) is 177 Å². The third-order valence-electron chi connectivity index (χ3n) is 20.5. The van der Waals surface area contributed by atoms with E-state index >= 15 is 0 Å². The largest absolute Gasteiger partial charge is 0.392 e. The number of hydrogen-bond acceptors (Lipinski definition) is 0. The minimum absolute atomic E-state index is 0.106. The smallest absolute Gasteiger partial charge is 0.247 e. The van der Waals surface area contributed by atoms with Crippen LogP contribution in [0.5, 0.6) is 0 Å². The Morgan fingerprint density at radius 1 is 0.301 bits per heavy atom. The lowest BCUT2D eigenvalue weighted by atomic mass is 9.70. The minimum Gasteiger partial charge on any atom is -0.247 e. The number of halogens is 12. The summed E-state index contributed by atoms with van der Waals surface area (Å²) in [5.74, 6) is 1.79. The highest BCUT2D eigenvalue weighted by molar-refractivity contribution is 4.97. The Morgan fingerprint density at radius 2 is 0.603 bits per heavy atom. The molecule has 26 atom stereocenters. The zero-order valence-electron chi connectivity index (χ0n) is 49.7. The maximum Gasteiger partial charge on any atom is 0.392 e. The molecule has 7 aliphatic rings. The lowest BCUT2D eigenvalue weighted by Crippen LogP contribution is -2.37. The molecule has 12 unspecified atom stereocenters. The summed E-state index contributed by atoms with van der Waals surface area (Å²) in [5.41, 5.74) is -0.862. The Bertz CT molecular complexity index is 1380. The highest BCUT2D eigenvalue weighted by Crippen LogP contribution is 2.57. The molecule has 0 aromatic rings. The lowest BCUT2D eigenvalue weighted by molar-refractivity contribution is -0.214. The second-order valence-corrected chi connectivity index (χ2v) is 27.4. The van der Waals surface area contributed by atoms with E-state index in [9.17, 15) is 52.7 Å². The highest BCUT2D eigenvalue weighted by Gasteiger charge is 2.62. The van der Waals surface area contributed by atoms with Gasteiger partial charge in [0.25, 0.3) is 0 Å². The van der Waals surface area contributed by atoms with Gasteiger partial charge in [-0.1, -0.05) is 151 Å². The van der Waals surface area contributed by atoms with Crippen LogP contribution in [-0.2, 0) is 0 Å². The van der Waals surface area contributed by atoms with Gasteiger partial charge in [0.15, 0.2) is 0 Å². The Balaban J connectivity index is 0.000000432. The van der Waals surface area contributed by atoms with E-state index in [1.54, 1.807) is 34.6 Å². The highest BCUT2D eigenvalue weighted by atomic mass is 19.4. The fourth-order valence-electron chi connectivity index (χ4n) is 14.4. The van der Waals surface area contributed by atoms with Crippen molar-refractivity contribution in [1.82, 2.24) is 0 Å². The molecule has 73 heavy (non-hydrogen) atoms. The zero-order chi connectivity index (χ0) is 57.2. The van der Waals surface area contributed by atoms with Crippen molar-refractivity contribution in [1.29, 1.82) is 0 Å². The van der Waals surface area contributed by atoms with Gasteiger partial charge < -0.3 is 0 Å². The Morgan fingerprint density at radius 3 is 0.808 bits per heavy atom. The molecule has 0 N–H and O–H groups in total. The Labute approximate surface area is 440 Å². The maximum absolute atomic E-state index is 13.1. The van der Waals surface area contributed by atoms with Gasteiger partial charge in [-0.3, -0.25) is 0 Å². The molecule has 438 valence electrons. The van der Waals surface area contributed by atoms with E-state index in [0.717, 1.165) is 73.0 Å². The van der Waals surface area contributed by atoms with Gasteiger partial charge in [-0.2, -0.15) is 39.5 Å². The van der Waals surface area contributed by atoms with Crippen molar-refractivity contribution in [2.24, 2.45) is 136 Å². The molecule has 0 heterocycles. The van der Waals surface area contributed by atoms with E-state index in [1.165, 1.54) is 58.8 Å². The molecule has 0 amide bonds. The molecule has 0 aromatic carbocycles. The van der Waals surface area contributed by atoms with Gasteiger partial charge in [-0.15, -0.1) is 0 Å². The van der Waals surface area contributed by atoms with Gasteiger partial charge >= 0.3 is 18.5 Å². The maximum atomic E-state index is 13.1. The summed E-state index contributed by atoms with van der Waals surface area (Å²) in [6, 6.07) is 0. The van der Waals surface area contributed by atoms with E-state index in [1.807, 2.05) is 13.8 Å². The molecule has 7 saturated carbocycles. The summed E-state index contributed by atoms with van der Waals surface area (Å²) >= 11 is 0. The van der Waals surface area contributed by atoms with E-state index in [-0.39, 0.29) is 23.7 Å². The van der Waals surface area contributed by atoms with Crippen LogP contribution in [0.1, 0.15) is 216 Å². The summed E-state index contributed by atoms with van der Waals surface area (Å²) in [4.78, 5) is 0. The molecule has 0 radical (unpaired) electrons.